The first-order valence-corrected chi connectivity index (χ1v) is 7.62. The number of nitrogens with zero attached hydrogens (tertiary/aromatic N) is 2. The van der Waals surface area contributed by atoms with Gasteiger partial charge in [-0.15, -0.1) is 11.3 Å². The zero-order valence-corrected chi connectivity index (χ0v) is 12.8. The Morgan fingerprint density at radius 2 is 2.00 bits per heavy atom. The molecular formula is C15H14ClN3S. The van der Waals surface area contributed by atoms with E-state index in [1.165, 1.54) is 11.3 Å². The van der Waals surface area contributed by atoms with Gasteiger partial charge in [0.2, 0.25) is 0 Å². The highest BCUT2D eigenvalue weighted by molar-refractivity contribution is 7.13. The Balaban J connectivity index is 2.34. The van der Waals surface area contributed by atoms with Gasteiger partial charge in [-0.1, -0.05) is 25.4 Å². The summed E-state index contributed by atoms with van der Waals surface area (Å²) in [5.41, 5.74) is 9.64. The predicted octanol–water partition coefficient (Wildman–Crippen LogP) is 4.72. The first-order valence-electron chi connectivity index (χ1n) is 6.36. The molecule has 2 heterocycles. The van der Waals surface area contributed by atoms with Crippen molar-refractivity contribution in [3.05, 3.63) is 40.4 Å². The molecule has 0 saturated heterocycles. The first-order chi connectivity index (χ1) is 9.54. The van der Waals surface area contributed by atoms with E-state index >= 15 is 0 Å². The van der Waals surface area contributed by atoms with Crippen LogP contribution in [0.25, 0.3) is 22.2 Å². The van der Waals surface area contributed by atoms with Crippen LogP contribution in [0.1, 0.15) is 25.5 Å². The van der Waals surface area contributed by atoms with Crippen molar-refractivity contribution < 1.29 is 0 Å². The van der Waals surface area contributed by atoms with E-state index in [0.29, 0.717) is 16.1 Å². The average molecular weight is 304 g/mol. The Hall–Kier alpha value is -1.65. The van der Waals surface area contributed by atoms with E-state index in [-0.39, 0.29) is 0 Å². The number of anilines is 1. The molecule has 3 rings (SSSR count). The van der Waals surface area contributed by atoms with Crippen molar-refractivity contribution >= 4 is 39.0 Å². The minimum atomic E-state index is 0.352. The SMILES string of the molecule is CC(C)c1cc(-c2csc(N)n2)c2cc(Cl)ccc2n1. The smallest absolute Gasteiger partial charge is 0.180 e. The van der Waals surface area contributed by atoms with Crippen LogP contribution in [0, 0.1) is 0 Å². The predicted molar refractivity (Wildman–Crippen MR) is 86.4 cm³/mol. The topological polar surface area (TPSA) is 51.8 Å². The molecule has 5 heteroatoms. The van der Waals surface area contributed by atoms with Crippen LogP contribution in [0.3, 0.4) is 0 Å². The highest BCUT2D eigenvalue weighted by atomic mass is 35.5. The third-order valence-corrected chi connectivity index (χ3v) is 4.09. The van der Waals surface area contributed by atoms with Gasteiger partial charge in [-0.3, -0.25) is 4.98 Å². The van der Waals surface area contributed by atoms with E-state index in [1.54, 1.807) is 0 Å². The summed E-state index contributed by atoms with van der Waals surface area (Å²) in [6.45, 7) is 4.26. The summed E-state index contributed by atoms with van der Waals surface area (Å²) in [5.74, 6) is 0.352. The molecule has 2 N–H and O–H groups in total. The van der Waals surface area contributed by atoms with Crippen LogP contribution in [0.15, 0.2) is 29.6 Å². The van der Waals surface area contributed by atoms with Gasteiger partial charge >= 0.3 is 0 Å². The summed E-state index contributed by atoms with van der Waals surface area (Å²) in [4.78, 5) is 9.08. The largest absolute Gasteiger partial charge is 0.375 e. The third kappa shape index (κ3) is 2.37. The van der Waals surface area contributed by atoms with Crippen LogP contribution in [-0.2, 0) is 0 Å². The lowest BCUT2D eigenvalue weighted by molar-refractivity contribution is 0.830. The summed E-state index contributed by atoms with van der Waals surface area (Å²) in [5, 5.41) is 4.24. The lowest BCUT2D eigenvalue weighted by Crippen LogP contribution is -1.96. The molecule has 0 spiro atoms. The maximum Gasteiger partial charge on any atom is 0.180 e. The van der Waals surface area contributed by atoms with Crippen molar-refractivity contribution in [1.82, 2.24) is 9.97 Å². The van der Waals surface area contributed by atoms with Crippen LogP contribution in [-0.4, -0.2) is 9.97 Å². The Labute approximate surface area is 126 Å². The molecule has 0 saturated carbocycles. The van der Waals surface area contributed by atoms with Crippen LogP contribution < -0.4 is 5.73 Å². The molecule has 1 aromatic carbocycles. The number of hydrogen-bond acceptors (Lipinski definition) is 4. The zero-order chi connectivity index (χ0) is 14.3. The van der Waals surface area contributed by atoms with Gasteiger partial charge in [-0.05, 0) is 30.2 Å². The molecule has 0 aliphatic rings. The second-order valence-electron chi connectivity index (χ2n) is 4.98. The van der Waals surface area contributed by atoms with Gasteiger partial charge in [-0.25, -0.2) is 4.98 Å². The van der Waals surface area contributed by atoms with Gasteiger partial charge in [0.1, 0.15) is 0 Å². The lowest BCUT2D eigenvalue weighted by Gasteiger charge is -2.10. The summed E-state index contributed by atoms with van der Waals surface area (Å²) in [7, 11) is 0. The zero-order valence-electron chi connectivity index (χ0n) is 11.2. The van der Waals surface area contributed by atoms with E-state index in [2.05, 4.69) is 24.9 Å². The minimum Gasteiger partial charge on any atom is -0.375 e. The highest BCUT2D eigenvalue weighted by Crippen LogP contribution is 2.33. The van der Waals surface area contributed by atoms with Crippen molar-refractivity contribution in [2.75, 3.05) is 5.73 Å². The molecule has 0 bridgehead atoms. The van der Waals surface area contributed by atoms with E-state index in [4.69, 9.17) is 22.3 Å². The highest BCUT2D eigenvalue weighted by Gasteiger charge is 2.12. The lowest BCUT2D eigenvalue weighted by atomic mass is 10.0. The summed E-state index contributed by atoms with van der Waals surface area (Å²) >= 11 is 7.55. The molecular weight excluding hydrogens is 290 g/mol. The third-order valence-electron chi connectivity index (χ3n) is 3.18. The molecule has 20 heavy (non-hydrogen) atoms. The van der Waals surface area contributed by atoms with Crippen molar-refractivity contribution in [3.8, 4) is 11.3 Å². The van der Waals surface area contributed by atoms with Crippen LogP contribution in [0.2, 0.25) is 5.02 Å². The molecule has 2 aromatic heterocycles. The molecule has 0 amide bonds. The van der Waals surface area contributed by atoms with Gasteiger partial charge < -0.3 is 5.73 Å². The molecule has 0 radical (unpaired) electrons. The molecule has 102 valence electrons. The van der Waals surface area contributed by atoms with Crippen molar-refractivity contribution in [1.29, 1.82) is 0 Å². The number of rotatable bonds is 2. The molecule has 3 nitrogen and oxygen atoms in total. The fraction of sp³-hybridized carbons (Fsp3) is 0.200. The number of nitrogen functional groups attached to an aromatic ring is 1. The Bertz CT molecular complexity index is 780. The Morgan fingerprint density at radius 3 is 2.65 bits per heavy atom. The second kappa shape index (κ2) is 5.04. The van der Waals surface area contributed by atoms with E-state index in [0.717, 1.165) is 27.9 Å². The number of thiazole rings is 1. The second-order valence-corrected chi connectivity index (χ2v) is 6.31. The fourth-order valence-electron chi connectivity index (χ4n) is 2.14. The van der Waals surface area contributed by atoms with Gasteiger partial charge in [0.25, 0.3) is 0 Å². The molecule has 0 unspecified atom stereocenters. The van der Waals surface area contributed by atoms with Crippen molar-refractivity contribution in [2.45, 2.75) is 19.8 Å². The van der Waals surface area contributed by atoms with E-state index in [9.17, 15) is 0 Å². The quantitative estimate of drug-likeness (QED) is 0.745. The summed E-state index contributed by atoms with van der Waals surface area (Å²) in [6.07, 6.45) is 0. The average Bonchev–Trinajstić information content (AvgIpc) is 2.84. The van der Waals surface area contributed by atoms with Crippen molar-refractivity contribution in [3.63, 3.8) is 0 Å². The molecule has 0 aliphatic heterocycles. The van der Waals surface area contributed by atoms with Gasteiger partial charge in [0, 0.05) is 27.0 Å². The number of benzene rings is 1. The molecule has 0 atom stereocenters. The van der Waals surface area contributed by atoms with Gasteiger partial charge in [0.15, 0.2) is 5.13 Å². The first kappa shape index (κ1) is 13.3. The number of aromatic nitrogens is 2. The van der Waals surface area contributed by atoms with Crippen molar-refractivity contribution in [2.24, 2.45) is 0 Å². The number of halogens is 1. The summed E-state index contributed by atoms with van der Waals surface area (Å²) in [6, 6.07) is 7.82. The van der Waals surface area contributed by atoms with Gasteiger partial charge in [0.05, 0.1) is 11.2 Å². The number of nitrogens with two attached hydrogens (primary N) is 1. The molecule has 0 aliphatic carbocycles. The standard InChI is InChI=1S/C15H14ClN3S/c1-8(2)13-6-11(14-7-20-15(17)19-14)10-5-9(16)3-4-12(10)18-13/h3-8H,1-2H3,(H2,17,19). The van der Waals surface area contributed by atoms with Gasteiger partial charge in [-0.2, -0.15) is 0 Å². The minimum absolute atomic E-state index is 0.352. The fourth-order valence-corrected chi connectivity index (χ4v) is 2.87. The number of hydrogen-bond donors (Lipinski definition) is 1. The number of pyridine rings is 1. The molecule has 0 fully saturated rings. The van der Waals surface area contributed by atoms with Crippen LogP contribution >= 0.6 is 22.9 Å². The maximum absolute atomic E-state index is 6.12. The Kier molecular flexibility index (Phi) is 3.36. The van der Waals surface area contributed by atoms with Crippen LogP contribution in [0.4, 0.5) is 5.13 Å². The van der Waals surface area contributed by atoms with E-state index < -0.39 is 0 Å². The Morgan fingerprint density at radius 1 is 1.20 bits per heavy atom. The normalized spacial score (nSPS) is 11.4. The number of fused-ring (bicyclic) bond motifs is 1. The maximum atomic E-state index is 6.12. The monoisotopic (exact) mass is 303 g/mol. The summed E-state index contributed by atoms with van der Waals surface area (Å²) < 4.78 is 0. The van der Waals surface area contributed by atoms with Crippen LogP contribution in [0.5, 0.6) is 0 Å². The molecule has 3 aromatic rings. The van der Waals surface area contributed by atoms with E-state index in [1.807, 2.05) is 23.6 Å².